The van der Waals surface area contributed by atoms with Crippen molar-refractivity contribution >= 4 is 23.0 Å². The van der Waals surface area contributed by atoms with Gasteiger partial charge in [0.1, 0.15) is 36.3 Å². The summed E-state index contributed by atoms with van der Waals surface area (Å²) < 4.78 is 19.0. The van der Waals surface area contributed by atoms with Crippen LogP contribution in [0.3, 0.4) is 0 Å². The number of anilines is 1. The third kappa shape index (κ3) is 3.24. The second-order valence-electron chi connectivity index (χ2n) is 9.67. The molecular formula is C27H24N4O4. The first-order valence-electron chi connectivity index (χ1n) is 11.9. The number of carbonyl (C=O) groups excluding carboxylic acids is 1. The average molecular weight is 469 g/mol. The van der Waals surface area contributed by atoms with Gasteiger partial charge in [-0.3, -0.25) is 0 Å². The molecule has 4 heterocycles. The van der Waals surface area contributed by atoms with Gasteiger partial charge in [0.2, 0.25) is 0 Å². The van der Waals surface area contributed by atoms with E-state index >= 15 is 0 Å². The topological polar surface area (TPSA) is 101 Å². The lowest BCUT2D eigenvalue weighted by Gasteiger charge is -2.42. The summed E-state index contributed by atoms with van der Waals surface area (Å²) in [5.74, 6) is 1.34. The van der Waals surface area contributed by atoms with Crippen LogP contribution in [-0.2, 0) is 15.9 Å². The molecule has 2 aromatic carbocycles. The molecule has 3 aliphatic rings. The molecule has 2 aromatic heterocycles. The Morgan fingerprint density at radius 2 is 1.94 bits per heavy atom. The predicted molar refractivity (Wildman–Crippen MR) is 129 cm³/mol. The second kappa shape index (κ2) is 7.46. The fourth-order valence-corrected chi connectivity index (χ4v) is 5.67. The van der Waals surface area contributed by atoms with Gasteiger partial charge in [-0.05, 0) is 35.6 Å². The van der Waals surface area contributed by atoms with Crippen LogP contribution in [0.5, 0.6) is 5.75 Å². The molecule has 0 bridgehead atoms. The molecule has 1 aliphatic carbocycles. The van der Waals surface area contributed by atoms with Crippen molar-refractivity contribution in [1.82, 2.24) is 14.5 Å². The Hall–Kier alpha value is -4.07. The third-order valence-electron chi connectivity index (χ3n) is 7.49. The zero-order chi connectivity index (χ0) is 23.6. The largest absolute Gasteiger partial charge is 0.509 e. The van der Waals surface area contributed by atoms with E-state index in [2.05, 4.69) is 51.1 Å². The average Bonchev–Trinajstić information content (AvgIpc) is 3.45. The molecule has 2 N–H and O–H groups in total. The van der Waals surface area contributed by atoms with Gasteiger partial charge < -0.3 is 24.5 Å². The molecule has 4 aromatic rings. The van der Waals surface area contributed by atoms with Crippen molar-refractivity contribution in [2.45, 2.75) is 43.4 Å². The molecule has 2 fully saturated rings. The first kappa shape index (κ1) is 20.3. The SMILES string of the molecule is Nc1ncnc2c1c(-c1ccc3c(c1)OC(c1ccccc1)CC3)cn2C1CC2(COC(=O)O2)C1. The Bertz CT molecular complexity index is 1460. The Morgan fingerprint density at radius 1 is 1.09 bits per heavy atom. The van der Waals surface area contributed by atoms with E-state index in [1.54, 1.807) is 0 Å². The number of rotatable bonds is 3. The summed E-state index contributed by atoms with van der Waals surface area (Å²) >= 11 is 0. The van der Waals surface area contributed by atoms with Crippen molar-refractivity contribution < 1.29 is 19.0 Å². The first-order chi connectivity index (χ1) is 17.1. The van der Waals surface area contributed by atoms with Crippen LogP contribution in [0, 0.1) is 0 Å². The van der Waals surface area contributed by atoms with Gasteiger partial charge in [0.25, 0.3) is 0 Å². The standard InChI is InChI=1S/C27H24N4O4/c28-24-23-20(13-31(25(23)30-15-29-24)19-11-27(12-19)14-33-26(32)35-27)18-7-6-17-8-9-21(34-22(17)10-18)16-4-2-1-3-5-16/h1-7,10,13,15,19,21H,8-9,11-12,14H2,(H2,28,29,30). The minimum atomic E-state index is -0.587. The number of aromatic nitrogens is 3. The molecule has 1 saturated carbocycles. The number of carbonyl (C=O) groups is 1. The Morgan fingerprint density at radius 3 is 2.74 bits per heavy atom. The highest BCUT2D eigenvalue weighted by Gasteiger charge is 2.54. The molecule has 1 unspecified atom stereocenters. The summed E-state index contributed by atoms with van der Waals surface area (Å²) in [6.45, 7) is 0.302. The maximum atomic E-state index is 11.5. The van der Waals surface area contributed by atoms with E-state index in [9.17, 15) is 4.79 Å². The minimum Gasteiger partial charge on any atom is -0.485 e. The zero-order valence-corrected chi connectivity index (χ0v) is 19.0. The smallest absolute Gasteiger partial charge is 0.485 e. The van der Waals surface area contributed by atoms with Crippen molar-refractivity contribution in [2.75, 3.05) is 12.3 Å². The lowest BCUT2D eigenvalue weighted by atomic mass is 9.76. The van der Waals surface area contributed by atoms with Gasteiger partial charge >= 0.3 is 6.16 Å². The number of aryl methyl sites for hydroxylation is 1. The maximum absolute atomic E-state index is 11.5. The number of nitrogens with zero attached hydrogens (tertiary/aromatic N) is 3. The van der Waals surface area contributed by atoms with Crippen molar-refractivity contribution in [2.24, 2.45) is 0 Å². The quantitative estimate of drug-likeness (QED) is 0.423. The zero-order valence-electron chi connectivity index (χ0n) is 19.0. The summed E-state index contributed by atoms with van der Waals surface area (Å²) in [6, 6.07) is 16.8. The van der Waals surface area contributed by atoms with Gasteiger partial charge in [0.15, 0.2) is 5.60 Å². The van der Waals surface area contributed by atoms with E-state index in [0.717, 1.165) is 40.8 Å². The molecule has 35 heavy (non-hydrogen) atoms. The number of benzene rings is 2. The monoisotopic (exact) mass is 468 g/mol. The van der Waals surface area contributed by atoms with Crippen LogP contribution < -0.4 is 10.5 Å². The number of fused-ring (bicyclic) bond motifs is 2. The van der Waals surface area contributed by atoms with Crippen molar-refractivity contribution in [3.05, 3.63) is 72.2 Å². The maximum Gasteiger partial charge on any atom is 0.509 e. The Labute approximate surface area is 201 Å². The fourth-order valence-electron chi connectivity index (χ4n) is 5.67. The molecule has 0 amide bonds. The lowest BCUT2D eigenvalue weighted by molar-refractivity contribution is -0.0412. The summed E-state index contributed by atoms with van der Waals surface area (Å²) in [5, 5.41) is 0.823. The van der Waals surface area contributed by atoms with E-state index in [0.29, 0.717) is 25.3 Å². The van der Waals surface area contributed by atoms with Gasteiger partial charge in [0, 0.05) is 30.6 Å². The van der Waals surface area contributed by atoms with Crippen molar-refractivity contribution in [3.63, 3.8) is 0 Å². The summed E-state index contributed by atoms with van der Waals surface area (Å²) in [6.07, 6.45) is 6.30. The molecule has 2 aliphatic heterocycles. The van der Waals surface area contributed by atoms with E-state index in [-0.39, 0.29) is 12.1 Å². The first-order valence-corrected chi connectivity index (χ1v) is 11.9. The molecule has 8 nitrogen and oxygen atoms in total. The summed E-state index contributed by atoms with van der Waals surface area (Å²) in [5.41, 5.74) is 11.0. The van der Waals surface area contributed by atoms with Crippen LogP contribution in [0.2, 0.25) is 0 Å². The number of nitrogen functional groups attached to an aromatic ring is 1. The number of hydrogen-bond donors (Lipinski definition) is 1. The Kier molecular flexibility index (Phi) is 4.33. The summed E-state index contributed by atoms with van der Waals surface area (Å²) in [7, 11) is 0. The predicted octanol–water partition coefficient (Wildman–Crippen LogP) is 4.99. The van der Waals surface area contributed by atoms with Crippen LogP contribution in [0.25, 0.3) is 22.2 Å². The molecule has 7 rings (SSSR count). The van der Waals surface area contributed by atoms with E-state index in [1.165, 1.54) is 17.5 Å². The Balaban J connectivity index is 1.25. The van der Waals surface area contributed by atoms with Crippen LogP contribution in [-0.4, -0.2) is 32.9 Å². The summed E-state index contributed by atoms with van der Waals surface area (Å²) in [4.78, 5) is 20.3. The van der Waals surface area contributed by atoms with E-state index in [1.807, 2.05) is 18.2 Å². The lowest BCUT2D eigenvalue weighted by Crippen LogP contribution is -2.46. The second-order valence-corrected chi connectivity index (χ2v) is 9.67. The van der Waals surface area contributed by atoms with Crippen molar-refractivity contribution in [3.8, 4) is 16.9 Å². The highest BCUT2D eigenvalue weighted by Crippen LogP contribution is 2.49. The minimum absolute atomic E-state index is 0.0382. The molecule has 8 heteroatoms. The highest BCUT2D eigenvalue weighted by atomic mass is 16.8. The molecule has 1 saturated heterocycles. The van der Waals surface area contributed by atoms with Gasteiger partial charge in [-0.15, -0.1) is 0 Å². The van der Waals surface area contributed by atoms with Crippen LogP contribution in [0.15, 0.2) is 61.1 Å². The third-order valence-corrected chi connectivity index (χ3v) is 7.49. The van der Waals surface area contributed by atoms with Crippen molar-refractivity contribution in [1.29, 1.82) is 0 Å². The van der Waals surface area contributed by atoms with Gasteiger partial charge in [-0.25, -0.2) is 14.8 Å². The molecule has 1 atom stereocenters. The van der Waals surface area contributed by atoms with Gasteiger partial charge in [0.05, 0.1) is 5.39 Å². The van der Waals surface area contributed by atoms with Crippen LogP contribution in [0.4, 0.5) is 10.6 Å². The number of ether oxygens (including phenoxy) is 3. The number of hydrogen-bond acceptors (Lipinski definition) is 7. The molecular weight excluding hydrogens is 444 g/mol. The molecule has 1 spiro atoms. The molecule has 176 valence electrons. The van der Waals surface area contributed by atoms with E-state index < -0.39 is 11.8 Å². The van der Waals surface area contributed by atoms with Crippen LogP contribution >= 0.6 is 0 Å². The van der Waals surface area contributed by atoms with Gasteiger partial charge in [-0.2, -0.15) is 0 Å². The highest BCUT2D eigenvalue weighted by molar-refractivity contribution is 6.01. The number of cyclic esters (lactones) is 1. The number of nitrogens with two attached hydrogens (primary N) is 1. The fraction of sp³-hybridized carbons (Fsp3) is 0.296. The van der Waals surface area contributed by atoms with Crippen LogP contribution in [0.1, 0.15) is 42.5 Å². The van der Waals surface area contributed by atoms with Gasteiger partial charge in [-0.1, -0.05) is 42.5 Å². The normalized spacial score (nSPS) is 25.0. The molecule has 0 radical (unpaired) electrons. The van der Waals surface area contributed by atoms with E-state index in [4.69, 9.17) is 19.9 Å².